The minimum Gasteiger partial charge on any atom is -0.368 e. The Kier molecular flexibility index (Phi) is 4.92. The van der Waals surface area contributed by atoms with Crippen LogP contribution in [0, 0.1) is 0 Å². The van der Waals surface area contributed by atoms with Crippen molar-refractivity contribution in [2.75, 3.05) is 35.2 Å². The summed E-state index contributed by atoms with van der Waals surface area (Å²) in [5, 5.41) is 0. The molecule has 0 unspecified atom stereocenters. The van der Waals surface area contributed by atoms with Crippen molar-refractivity contribution in [3.8, 4) is 0 Å². The molecule has 112 valence electrons. The van der Waals surface area contributed by atoms with E-state index in [0.717, 1.165) is 25.3 Å². The lowest BCUT2D eigenvalue weighted by atomic mass is 10.3. The molecule has 0 radical (unpaired) electrons. The van der Waals surface area contributed by atoms with Gasteiger partial charge in [0.05, 0.1) is 0 Å². The van der Waals surface area contributed by atoms with Gasteiger partial charge in [0.15, 0.2) is 0 Å². The molecule has 1 aromatic carbocycles. The van der Waals surface area contributed by atoms with Crippen molar-refractivity contribution in [2.24, 2.45) is 0 Å². The second-order valence-electron chi connectivity index (χ2n) is 4.55. The number of rotatable bonds is 6. The first kappa shape index (κ1) is 15.0. The van der Waals surface area contributed by atoms with Crippen molar-refractivity contribution < 1.29 is 0 Å². The van der Waals surface area contributed by atoms with Crippen molar-refractivity contribution in [1.29, 1.82) is 0 Å². The zero-order chi connectivity index (χ0) is 15.2. The first-order chi connectivity index (χ1) is 10.2. The molecule has 21 heavy (non-hydrogen) atoms. The van der Waals surface area contributed by atoms with Crippen LogP contribution in [-0.4, -0.2) is 34.6 Å². The van der Waals surface area contributed by atoms with Crippen LogP contribution >= 0.6 is 0 Å². The molecule has 0 atom stereocenters. The molecular weight excluding hydrogens is 264 g/mol. The lowest BCUT2D eigenvalue weighted by Crippen LogP contribution is -2.27. The molecule has 0 saturated heterocycles. The van der Waals surface area contributed by atoms with E-state index in [1.165, 1.54) is 0 Å². The Labute approximate surface area is 125 Å². The molecular formula is C15H22N6. The molecule has 2 N–H and O–H groups in total. The summed E-state index contributed by atoms with van der Waals surface area (Å²) in [6, 6.07) is 10.0. The van der Waals surface area contributed by atoms with Gasteiger partial charge in [-0.25, -0.2) is 0 Å². The van der Waals surface area contributed by atoms with Crippen LogP contribution in [0.3, 0.4) is 0 Å². The summed E-state index contributed by atoms with van der Waals surface area (Å²) in [7, 11) is 0. The van der Waals surface area contributed by atoms with Gasteiger partial charge in [-0.2, -0.15) is 15.0 Å². The van der Waals surface area contributed by atoms with Crippen LogP contribution in [0.4, 0.5) is 23.5 Å². The SMILES string of the molecule is CCN(CC)c1nc(N)nc(N(CC)c2ccccc2)n1. The molecule has 0 bridgehead atoms. The molecule has 0 aliphatic carbocycles. The molecule has 1 aromatic heterocycles. The average molecular weight is 286 g/mol. The lowest BCUT2D eigenvalue weighted by molar-refractivity contribution is 0.806. The van der Waals surface area contributed by atoms with Crippen molar-refractivity contribution in [1.82, 2.24) is 15.0 Å². The predicted octanol–water partition coefficient (Wildman–Crippen LogP) is 2.46. The summed E-state index contributed by atoms with van der Waals surface area (Å²) in [5.41, 5.74) is 6.90. The number of nitrogens with two attached hydrogens (primary N) is 1. The fraction of sp³-hybridized carbons (Fsp3) is 0.400. The van der Waals surface area contributed by atoms with Crippen LogP contribution in [0.2, 0.25) is 0 Å². The highest BCUT2D eigenvalue weighted by atomic mass is 15.3. The Morgan fingerprint density at radius 3 is 2.05 bits per heavy atom. The molecule has 0 amide bonds. The minimum atomic E-state index is 0.247. The fourth-order valence-electron chi connectivity index (χ4n) is 2.19. The van der Waals surface area contributed by atoms with Crippen LogP contribution in [0.5, 0.6) is 0 Å². The largest absolute Gasteiger partial charge is 0.368 e. The quantitative estimate of drug-likeness (QED) is 0.879. The van der Waals surface area contributed by atoms with Gasteiger partial charge in [0.2, 0.25) is 17.8 Å². The summed E-state index contributed by atoms with van der Waals surface area (Å²) in [6.45, 7) is 8.61. The van der Waals surface area contributed by atoms with Crippen LogP contribution in [-0.2, 0) is 0 Å². The Hall–Kier alpha value is -2.37. The predicted molar refractivity (Wildman–Crippen MR) is 86.9 cm³/mol. The first-order valence-electron chi connectivity index (χ1n) is 7.28. The van der Waals surface area contributed by atoms with Gasteiger partial charge in [-0.15, -0.1) is 0 Å². The topological polar surface area (TPSA) is 71.2 Å². The third-order valence-electron chi connectivity index (χ3n) is 3.30. The summed E-state index contributed by atoms with van der Waals surface area (Å²) >= 11 is 0. The summed E-state index contributed by atoms with van der Waals surface area (Å²) in [5.74, 6) is 1.45. The van der Waals surface area contributed by atoms with E-state index in [2.05, 4.69) is 40.6 Å². The molecule has 6 heteroatoms. The molecule has 0 aliphatic heterocycles. The number of hydrogen-bond acceptors (Lipinski definition) is 6. The molecule has 0 fully saturated rings. The van der Waals surface area contributed by atoms with E-state index < -0.39 is 0 Å². The fourth-order valence-corrected chi connectivity index (χ4v) is 2.19. The van der Waals surface area contributed by atoms with E-state index in [4.69, 9.17) is 5.73 Å². The van der Waals surface area contributed by atoms with Crippen molar-refractivity contribution in [3.05, 3.63) is 30.3 Å². The molecule has 0 saturated carbocycles. The number of nitrogen functional groups attached to an aromatic ring is 1. The van der Waals surface area contributed by atoms with E-state index in [9.17, 15) is 0 Å². The van der Waals surface area contributed by atoms with Gasteiger partial charge in [-0.05, 0) is 32.9 Å². The number of nitrogens with zero attached hydrogens (tertiary/aromatic N) is 5. The van der Waals surface area contributed by atoms with Crippen LogP contribution < -0.4 is 15.5 Å². The summed E-state index contributed by atoms with van der Waals surface area (Å²) in [4.78, 5) is 17.2. The summed E-state index contributed by atoms with van der Waals surface area (Å²) in [6.07, 6.45) is 0. The van der Waals surface area contributed by atoms with E-state index in [0.29, 0.717) is 11.9 Å². The van der Waals surface area contributed by atoms with E-state index in [1.54, 1.807) is 0 Å². The first-order valence-corrected chi connectivity index (χ1v) is 7.28. The van der Waals surface area contributed by atoms with Crippen LogP contribution in [0.25, 0.3) is 0 Å². The third kappa shape index (κ3) is 3.39. The maximum Gasteiger partial charge on any atom is 0.236 e. The summed E-state index contributed by atoms with van der Waals surface area (Å²) < 4.78 is 0. The number of anilines is 4. The van der Waals surface area contributed by atoms with Gasteiger partial charge in [0, 0.05) is 25.3 Å². The van der Waals surface area contributed by atoms with Gasteiger partial charge in [-0.3, -0.25) is 0 Å². The van der Waals surface area contributed by atoms with Gasteiger partial charge in [0.1, 0.15) is 0 Å². The lowest BCUT2D eigenvalue weighted by Gasteiger charge is -2.24. The number of hydrogen-bond donors (Lipinski definition) is 1. The van der Waals surface area contributed by atoms with Gasteiger partial charge >= 0.3 is 0 Å². The number of aromatic nitrogens is 3. The van der Waals surface area contributed by atoms with E-state index >= 15 is 0 Å². The van der Waals surface area contributed by atoms with E-state index in [1.807, 2.05) is 35.2 Å². The van der Waals surface area contributed by atoms with Crippen LogP contribution in [0.15, 0.2) is 30.3 Å². The Bertz CT molecular complexity index is 568. The van der Waals surface area contributed by atoms with Crippen LogP contribution in [0.1, 0.15) is 20.8 Å². The van der Waals surface area contributed by atoms with Gasteiger partial charge in [-0.1, -0.05) is 18.2 Å². The normalized spacial score (nSPS) is 10.4. The average Bonchev–Trinajstić information content (AvgIpc) is 2.50. The van der Waals surface area contributed by atoms with Crippen molar-refractivity contribution in [3.63, 3.8) is 0 Å². The molecule has 1 heterocycles. The monoisotopic (exact) mass is 286 g/mol. The molecule has 2 aromatic rings. The van der Waals surface area contributed by atoms with Crippen molar-refractivity contribution in [2.45, 2.75) is 20.8 Å². The highest BCUT2D eigenvalue weighted by Crippen LogP contribution is 2.23. The van der Waals surface area contributed by atoms with Gasteiger partial charge < -0.3 is 15.5 Å². The molecule has 2 rings (SSSR count). The minimum absolute atomic E-state index is 0.247. The molecule has 0 spiro atoms. The smallest absolute Gasteiger partial charge is 0.236 e. The standard InChI is InChI=1S/C15H22N6/c1-4-20(5-2)14-17-13(16)18-15(19-14)21(6-3)12-10-8-7-9-11-12/h7-11H,4-6H2,1-3H3,(H2,16,17,18,19). The van der Waals surface area contributed by atoms with E-state index in [-0.39, 0.29) is 5.95 Å². The second-order valence-corrected chi connectivity index (χ2v) is 4.55. The highest BCUT2D eigenvalue weighted by molar-refractivity contribution is 5.58. The van der Waals surface area contributed by atoms with Crippen molar-refractivity contribution >= 4 is 23.5 Å². The zero-order valence-electron chi connectivity index (χ0n) is 12.8. The maximum absolute atomic E-state index is 5.86. The second kappa shape index (κ2) is 6.88. The highest BCUT2D eigenvalue weighted by Gasteiger charge is 2.15. The third-order valence-corrected chi connectivity index (χ3v) is 3.30. The Balaban J connectivity index is 2.42. The van der Waals surface area contributed by atoms with Gasteiger partial charge in [0.25, 0.3) is 0 Å². The number of benzene rings is 1. The maximum atomic E-state index is 5.86. The molecule has 6 nitrogen and oxygen atoms in total. The number of para-hydroxylation sites is 1. The molecule has 0 aliphatic rings. The Morgan fingerprint density at radius 2 is 1.48 bits per heavy atom. The Morgan fingerprint density at radius 1 is 0.857 bits per heavy atom. The zero-order valence-corrected chi connectivity index (χ0v) is 12.8.